The topological polar surface area (TPSA) is 77.6 Å². The van der Waals surface area contributed by atoms with Crippen LogP contribution in [0.5, 0.6) is 0 Å². The summed E-state index contributed by atoms with van der Waals surface area (Å²) in [6, 6.07) is 5.25. The van der Waals surface area contributed by atoms with Crippen LogP contribution in [0.15, 0.2) is 30.7 Å². The molecular formula is C16H15Cl3N6O. The number of hydrogen-bond acceptors (Lipinski definition) is 4. The van der Waals surface area contributed by atoms with E-state index >= 15 is 0 Å². The van der Waals surface area contributed by atoms with E-state index < -0.39 is 0 Å². The number of carbonyl (C=O) groups excluding carboxylic acids is 1. The van der Waals surface area contributed by atoms with Gasteiger partial charge in [-0.05, 0) is 24.6 Å². The highest BCUT2D eigenvalue weighted by atomic mass is 35.5. The van der Waals surface area contributed by atoms with Gasteiger partial charge in [0.15, 0.2) is 0 Å². The Hall–Kier alpha value is -2.09. The van der Waals surface area contributed by atoms with E-state index in [-0.39, 0.29) is 18.3 Å². The summed E-state index contributed by atoms with van der Waals surface area (Å²) in [5.74, 6) is 0.0219. The summed E-state index contributed by atoms with van der Waals surface area (Å²) in [7, 11) is 0. The van der Waals surface area contributed by atoms with E-state index in [0.717, 1.165) is 11.3 Å². The summed E-state index contributed by atoms with van der Waals surface area (Å²) >= 11 is 18.0. The molecule has 0 saturated carbocycles. The van der Waals surface area contributed by atoms with Gasteiger partial charge in [0.05, 0.1) is 30.0 Å². The van der Waals surface area contributed by atoms with Gasteiger partial charge in [0.25, 0.3) is 0 Å². The molecule has 0 unspecified atom stereocenters. The number of carbonyl (C=O) groups is 1. The predicted molar refractivity (Wildman–Crippen MR) is 101 cm³/mol. The highest BCUT2D eigenvalue weighted by molar-refractivity contribution is 6.35. The van der Waals surface area contributed by atoms with Crippen molar-refractivity contribution in [2.45, 2.75) is 26.4 Å². The van der Waals surface area contributed by atoms with Crippen molar-refractivity contribution >= 4 is 46.7 Å². The molecule has 0 saturated heterocycles. The van der Waals surface area contributed by atoms with Crippen LogP contribution in [0.1, 0.15) is 17.7 Å². The molecule has 2 heterocycles. The van der Waals surface area contributed by atoms with Crippen molar-refractivity contribution in [3.05, 3.63) is 57.0 Å². The smallest absolute Gasteiger partial charge is 0.248 e. The number of aromatic nitrogens is 5. The van der Waals surface area contributed by atoms with E-state index in [0.29, 0.717) is 28.2 Å². The molecule has 10 heteroatoms. The number of halogens is 3. The zero-order valence-electron chi connectivity index (χ0n) is 13.8. The predicted octanol–water partition coefficient (Wildman–Crippen LogP) is 3.82. The molecule has 1 aromatic carbocycles. The molecule has 136 valence electrons. The molecule has 0 aliphatic rings. The van der Waals surface area contributed by atoms with Crippen molar-refractivity contribution in [3.63, 3.8) is 0 Å². The van der Waals surface area contributed by atoms with Crippen LogP contribution in [-0.4, -0.2) is 30.5 Å². The van der Waals surface area contributed by atoms with Crippen molar-refractivity contribution in [1.82, 2.24) is 24.5 Å². The average molecular weight is 414 g/mol. The second kappa shape index (κ2) is 8.07. The molecule has 0 aliphatic carbocycles. The number of nitrogens with zero attached hydrogens (tertiary/aromatic N) is 5. The van der Waals surface area contributed by atoms with Crippen molar-refractivity contribution in [1.29, 1.82) is 0 Å². The van der Waals surface area contributed by atoms with E-state index in [4.69, 9.17) is 34.8 Å². The Balaban J connectivity index is 1.56. The second-order valence-electron chi connectivity index (χ2n) is 5.60. The normalized spacial score (nSPS) is 10.9. The quantitative estimate of drug-likeness (QED) is 0.666. The maximum absolute atomic E-state index is 12.1. The van der Waals surface area contributed by atoms with E-state index in [9.17, 15) is 4.79 Å². The number of amides is 1. The van der Waals surface area contributed by atoms with Crippen molar-refractivity contribution in [3.8, 4) is 0 Å². The molecule has 0 radical (unpaired) electrons. The van der Waals surface area contributed by atoms with E-state index in [2.05, 4.69) is 20.5 Å². The number of nitrogens with one attached hydrogen (secondary N) is 1. The first-order chi connectivity index (χ1) is 12.4. The van der Waals surface area contributed by atoms with E-state index in [1.54, 1.807) is 27.7 Å². The van der Waals surface area contributed by atoms with Crippen LogP contribution in [-0.2, 0) is 17.9 Å². The Morgan fingerprint density at radius 3 is 2.73 bits per heavy atom. The maximum Gasteiger partial charge on any atom is 0.248 e. The highest BCUT2D eigenvalue weighted by Gasteiger charge is 2.10. The standard InChI is InChI=1S/C16H15Cl3N6O/c1-10-14(19)7-21-25(10)5-4-15(26)22-16-20-9-24(23-16)8-11-2-3-12(17)6-13(11)18/h2-3,6-7,9H,4-5,8H2,1H3,(H,22,23,26). The van der Waals surface area contributed by atoms with Gasteiger partial charge in [0, 0.05) is 16.5 Å². The summed E-state index contributed by atoms with van der Waals surface area (Å²) < 4.78 is 3.26. The molecule has 0 atom stereocenters. The van der Waals surface area contributed by atoms with Crippen LogP contribution in [0.25, 0.3) is 0 Å². The SMILES string of the molecule is Cc1c(Cl)cnn1CCC(=O)Nc1ncn(Cc2ccc(Cl)cc2Cl)n1. The fourth-order valence-corrected chi connectivity index (χ4v) is 2.91. The number of rotatable bonds is 6. The molecule has 26 heavy (non-hydrogen) atoms. The summed E-state index contributed by atoms with van der Waals surface area (Å²) in [4.78, 5) is 16.1. The molecule has 2 aromatic heterocycles. The Kier molecular flexibility index (Phi) is 5.80. The van der Waals surface area contributed by atoms with Crippen LogP contribution in [0.3, 0.4) is 0 Å². The third-order valence-electron chi connectivity index (χ3n) is 3.73. The molecule has 3 rings (SSSR count). The lowest BCUT2D eigenvalue weighted by molar-refractivity contribution is -0.116. The minimum atomic E-state index is -0.210. The van der Waals surface area contributed by atoms with Crippen molar-refractivity contribution < 1.29 is 4.79 Å². The number of hydrogen-bond donors (Lipinski definition) is 1. The van der Waals surface area contributed by atoms with Crippen LogP contribution in [0.4, 0.5) is 5.95 Å². The van der Waals surface area contributed by atoms with Gasteiger partial charge in [-0.15, -0.1) is 5.10 Å². The number of aryl methyl sites for hydroxylation is 1. The Morgan fingerprint density at radius 1 is 1.23 bits per heavy atom. The molecule has 0 spiro atoms. The summed E-state index contributed by atoms with van der Waals surface area (Å²) in [5, 5.41) is 12.7. The Bertz CT molecular complexity index is 936. The molecule has 7 nitrogen and oxygen atoms in total. The molecule has 3 aromatic rings. The fraction of sp³-hybridized carbons (Fsp3) is 0.250. The minimum Gasteiger partial charge on any atom is -0.293 e. The molecule has 0 aliphatic heterocycles. The largest absolute Gasteiger partial charge is 0.293 e. The van der Waals surface area contributed by atoms with Gasteiger partial charge in [0.2, 0.25) is 11.9 Å². The second-order valence-corrected chi connectivity index (χ2v) is 6.85. The van der Waals surface area contributed by atoms with Gasteiger partial charge in [0.1, 0.15) is 6.33 Å². The average Bonchev–Trinajstić information content (AvgIpc) is 3.16. The first-order valence-corrected chi connectivity index (χ1v) is 8.87. The summed E-state index contributed by atoms with van der Waals surface area (Å²) in [6.45, 7) is 2.69. The lowest BCUT2D eigenvalue weighted by atomic mass is 10.2. The van der Waals surface area contributed by atoms with Gasteiger partial charge in [-0.2, -0.15) is 5.10 Å². The highest BCUT2D eigenvalue weighted by Crippen LogP contribution is 2.21. The van der Waals surface area contributed by atoms with Gasteiger partial charge >= 0.3 is 0 Å². The van der Waals surface area contributed by atoms with Gasteiger partial charge in [-0.3, -0.25) is 14.8 Å². The van der Waals surface area contributed by atoms with Gasteiger partial charge in [-0.25, -0.2) is 9.67 Å². The molecule has 1 amide bonds. The maximum atomic E-state index is 12.1. The Morgan fingerprint density at radius 2 is 2.04 bits per heavy atom. The third-order valence-corrected chi connectivity index (χ3v) is 4.69. The van der Waals surface area contributed by atoms with Crippen LogP contribution >= 0.6 is 34.8 Å². The monoisotopic (exact) mass is 412 g/mol. The molecular weight excluding hydrogens is 399 g/mol. The number of anilines is 1. The minimum absolute atomic E-state index is 0.210. The van der Waals surface area contributed by atoms with E-state index in [1.165, 1.54) is 6.33 Å². The third kappa shape index (κ3) is 4.55. The van der Waals surface area contributed by atoms with Crippen molar-refractivity contribution in [2.24, 2.45) is 0 Å². The number of benzene rings is 1. The van der Waals surface area contributed by atoms with E-state index in [1.807, 2.05) is 13.0 Å². The zero-order chi connectivity index (χ0) is 18.7. The Labute approximate surface area is 164 Å². The van der Waals surface area contributed by atoms with Gasteiger partial charge < -0.3 is 0 Å². The van der Waals surface area contributed by atoms with Crippen molar-refractivity contribution in [2.75, 3.05) is 5.32 Å². The molecule has 0 fully saturated rings. The molecule has 0 bridgehead atoms. The van der Waals surface area contributed by atoms with Gasteiger partial charge in [-0.1, -0.05) is 40.9 Å². The summed E-state index contributed by atoms with van der Waals surface area (Å²) in [6.07, 6.45) is 3.31. The molecule has 1 N–H and O–H groups in total. The van der Waals surface area contributed by atoms with Crippen LogP contribution < -0.4 is 5.32 Å². The lowest BCUT2D eigenvalue weighted by Crippen LogP contribution is -2.16. The fourth-order valence-electron chi connectivity index (χ4n) is 2.30. The van der Waals surface area contributed by atoms with Crippen LogP contribution in [0.2, 0.25) is 15.1 Å². The first kappa shape index (κ1) is 18.7. The summed E-state index contributed by atoms with van der Waals surface area (Å²) in [5.41, 5.74) is 1.67. The lowest BCUT2D eigenvalue weighted by Gasteiger charge is -2.05. The first-order valence-electron chi connectivity index (χ1n) is 7.73. The van der Waals surface area contributed by atoms with Crippen LogP contribution in [0, 0.1) is 6.92 Å². The zero-order valence-corrected chi connectivity index (χ0v) is 16.1.